The van der Waals surface area contributed by atoms with Gasteiger partial charge in [-0.25, -0.2) is 13.2 Å². The Bertz CT molecular complexity index is 704. The van der Waals surface area contributed by atoms with Crippen LogP contribution in [0.4, 0.5) is 18.9 Å². The monoisotopic (exact) mass is 327 g/mol. The summed E-state index contributed by atoms with van der Waals surface area (Å²) in [5, 5.41) is 2.23. The summed E-state index contributed by atoms with van der Waals surface area (Å²) in [6.07, 6.45) is 0. The fraction of sp³-hybridized carbons (Fsp3) is 0.133. The number of hydrogen-bond donors (Lipinski definition) is 1. The standard InChI is InChI=1S/C15H12F3NO2S/c16-11-3-1-10(2-4-11)8-22(21)9-15(20)19-14-6-5-12(17)7-13(14)18/h1-7H,8-9H2,(H,19,20)/t22-/m0/s1. The number of carbonyl (C=O) groups excluding carboxylic acids is 1. The molecule has 0 heterocycles. The lowest BCUT2D eigenvalue weighted by molar-refractivity contribution is -0.113. The molecule has 22 heavy (non-hydrogen) atoms. The number of hydrogen-bond acceptors (Lipinski definition) is 2. The van der Waals surface area contributed by atoms with E-state index in [1.165, 1.54) is 24.3 Å². The Morgan fingerprint density at radius 3 is 2.27 bits per heavy atom. The molecule has 1 N–H and O–H groups in total. The molecule has 0 aromatic heterocycles. The lowest BCUT2D eigenvalue weighted by Crippen LogP contribution is -2.20. The summed E-state index contributed by atoms with van der Waals surface area (Å²) < 4.78 is 50.7. The van der Waals surface area contributed by atoms with Crippen molar-refractivity contribution in [3.8, 4) is 0 Å². The largest absolute Gasteiger partial charge is 0.323 e. The van der Waals surface area contributed by atoms with Gasteiger partial charge in [-0.05, 0) is 29.8 Å². The van der Waals surface area contributed by atoms with E-state index in [0.717, 1.165) is 12.1 Å². The van der Waals surface area contributed by atoms with Gasteiger partial charge in [0.1, 0.15) is 23.2 Å². The van der Waals surface area contributed by atoms with Crippen LogP contribution in [0.2, 0.25) is 0 Å². The van der Waals surface area contributed by atoms with Gasteiger partial charge in [-0.1, -0.05) is 12.1 Å². The summed E-state index contributed by atoms with van der Waals surface area (Å²) in [6, 6.07) is 8.17. The first-order valence-corrected chi connectivity index (χ1v) is 7.77. The van der Waals surface area contributed by atoms with Crippen LogP contribution in [-0.4, -0.2) is 15.9 Å². The topological polar surface area (TPSA) is 46.2 Å². The Morgan fingerprint density at radius 1 is 1.00 bits per heavy atom. The minimum absolute atomic E-state index is 0.0829. The van der Waals surface area contributed by atoms with E-state index < -0.39 is 34.2 Å². The molecule has 116 valence electrons. The maximum absolute atomic E-state index is 13.4. The summed E-state index contributed by atoms with van der Waals surface area (Å²) in [7, 11) is -1.52. The van der Waals surface area contributed by atoms with Crippen LogP contribution in [-0.2, 0) is 21.3 Å². The molecule has 2 aromatic carbocycles. The molecule has 2 rings (SSSR count). The molecule has 0 spiro atoms. The SMILES string of the molecule is O=C(C[S@@](=O)Cc1ccc(F)cc1)Nc1ccc(F)cc1F. The van der Waals surface area contributed by atoms with Crippen molar-refractivity contribution in [2.75, 3.05) is 11.1 Å². The summed E-state index contributed by atoms with van der Waals surface area (Å²) in [5.74, 6) is -2.97. The van der Waals surface area contributed by atoms with E-state index in [2.05, 4.69) is 5.32 Å². The Morgan fingerprint density at radius 2 is 1.64 bits per heavy atom. The van der Waals surface area contributed by atoms with Gasteiger partial charge in [-0.2, -0.15) is 0 Å². The third kappa shape index (κ3) is 4.70. The van der Waals surface area contributed by atoms with Crippen LogP contribution >= 0.6 is 0 Å². The van der Waals surface area contributed by atoms with Crippen molar-refractivity contribution in [1.82, 2.24) is 0 Å². The van der Waals surface area contributed by atoms with Gasteiger partial charge in [0, 0.05) is 22.6 Å². The van der Waals surface area contributed by atoms with E-state index >= 15 is 0 Å². The number of carbonyl (C=O) groups is 1. The quantitative estimate of drug-likeness (QED) is 0.918. The highest BCUT2D eigenvalue weighted by Gasteiger charge is 2.12. The molecule has 0 radical (unpaired) electrons. The molecule has 7 heteroatoms. The van der Waals surface area contributed by atoms with Crippen molar-refractivity contribution in [2.24, 2.45) is 0 Å². The van der Waals surface area contributed by atoms with E-state index in [-0.39, 0.29) is 17.2 Å². The zero-order valence-electron chi connectivity index (χ0n) is 11.3. The first-order chi connectivity index (χ1) is 10.4. The fourth-order valence-electron chi connectivity index (χ4n) is 1.74. The van der Waals surface area contributed by atoms with Gasteiger partial charge < -0.3 is 5.32 Å². The van der Waals surface area contributed by atoms with Crippen molar-refractivity contribution in [1.29, 1.82) is 0 Å². The lowest BCUT2D eigenvalue weighted by Gasteiger charge is -2.06. The van der Waals surface area contributed by atoms with Gasteiger partial charge in [0.05, 0.1) is 5.69 Å². The molecule has 0 saturated carbocycles. The van der Waals surface area contributed by atoms with Crippen LogP contribution in [0.5, 0.6) is 0 Å². The molecule has 0 bridgehead atoms. The Kier molecular flexibility index (Phi) is 5.32. The van der Waals surface area contributed by atoms with E-state index in [0.29, 0.717) is 11.6 Å². The van der Waals surface area contributed by atoms with E-state index in [1.54, 1.807) is 0 Å². The number of rotatable bonds is 5. The normalized spacial score (nSPS) is 12.0. The maximum Gasteiger partial charge on any atom is 0.237 e. The third-order valence-electron chi connectivity index (χ3n) is 2.74. The van der Waals surface area contributed by atoms with Crippen LogP contribution in [0, 0.1) is 17.5 Å². The van der Waals surface area contributed by atoms with Gasteiger partial charge in [0.15, 0.2) is 0 Å². The summed E-state index contributed by atoms with van der Waals surface area (Å²) >= 11 is 0. The lowest BCUT2D eigenvalue weighted by atomic mass is 10.2. The fourth-order valence-corrected chi connectivity index (χ4v) is 2.77. The van der Waals surface area contributed by atoms with Crippen LogP contribution in [0.25, 0.3) is 0 Å². The zero-order valence-corrected chi connectivity index (χ0v) is 12.1. The van der Waals surface area contributed by atoms with Crippen molar-refractivity contribution in [3.05, 3.63) is 65.5 Å². The summed E-state index contributed by atoms with van der Waals surface area (Å²) in [4.78, 5) is 11.7. The second-order valence-electron chi connectivity index (χ2n) is 4.53. The van der Waals surface area contributed by atoms with Crippen LogP contribution in [0.1, 0.15) is 5.56 Å². The zero-order chi connectivity index (χ0) is 16.1. The predicted octanol–water partition coefficient (Wildman–Crippen LogP) is 2.99. The second-order valence-corrected chi connectivity index (χ2v) is 5.98. The molecule has 0 aliphatic rings. The number of amides is 1. The Labute approximate surface area is 127 Å². The van der Waals surface area contributed by atoms with Crippen LogP contribution < -0.4 is 5.32 Å². The molecule has 0 aliphatic heterocycles. The number of benzene rings is 2. The molecule has 1 atom stereocenters. The summed E-state index contributed by atoms with van der Waals surface area (Å²) in [6.45, 7) is 0. The summed E-state index contributed by atoms with van der Waals surface area (Å²) in [5.41, 5.74) is 0.450. The highest BCUT2D eigenvalue weighted by molar-refractivity contribution is 7.84. The van der Waals surface area contributed by atoms with Crippen molar-refractivity contribution < 1.29 is 22.2 Å². The highest BCUT2D eigenvalue weighted by atomic mass is 32.2. The molecule has 0 saturated heterocycles. The van der Waals surface area contributed by atoms with Crippen molar-refractivity contribution in [3.63, 3.8) is 0 Å². The minimum atomic E-state index is -1.52. The molecule has 3 nitrogen and oxygen atoms in total. The van der Waals surface area contributed by atoms with Crippen molar-refractivity contribution >= 4 is 22.4 Å². The van der Waals surface area contributed by atoms with E-state index in [1.807, 2.05) is 0 Å². The number of anilines is 1. The highest BCUT2D eigenvalue weighted by Crippen LogP contribution is 2.15. The molecular weight excluding hydrogens is 315 g/mol. The van der Waals surface area contributed by atoms with E-state index in [4.69, 9.17) is 0 Å². The molecular formula is C15H12F3NO2S. The third-order valence-corrected chi connectivity index (χ3v) is 3.98. The minimum Gasteiger partial charge on any atom is -0.323 e. The number of halogens is 3. The van der Waals surface area contributed by atoms with Gasteiger partial charge in [-0.3, -0.25) is 9.00 Å². The van der Waals surface area contributed by atoms with E-state index in [9.17, 15) is 22.2 Å². The van der Waals surface area contributed by atoms with Gasteiger partial charge in [-0.15, -0.1) is 0 Å². The van der Waals surface area contributed by atoms with Crippen LogP contribution in [0.3, 0.4) is 0 Å². The first-order valence-electron chi connectivity index (χ1n) is 6.28. The predicted molar refractivity (Wildman–Crippen MR) is 78.1 cm³/mol. The van der Waals surface area contributed by atoms with Gasteiger partial charge in [0.25, 0.3) is 0 Å². The van der Waals surface area contributed by atoms with Gasteiger partial charge in [0.2, 0.25) is 5.91 Å². The maximum atomic E-state index is 13.4. The Balaban J connectivity index is 1.91. The average Bonchev–Trinajstić information content (AvgIpc) is 2.44. The van der Waals surface area contributed by atoms with Gasteiger partial charge >= 0.3 is 0 Å². The average molecular weight is 327 g/mol. The van der Waals surface area contributed by atoms with Crippen LogP contribution in [0.15, 0.2) is 42.5 Å². The molecule has 2 aromatic rings. The molecule has 0 fully saturated rings. The van der Waals surface area contributed by atoms with Crippen molar-refractivity contribution in [2.45, 2.75) is 5.75 Å². The number of nitrogens with one attached hydrogen (secondary N) is 1. The molecule has 0 unspecified atom stereocenters. The first kappa shape index (κ1) is 16.2. The second kappa shape index (κ2) is 7.22. The molecule has 0 aliphatic carbocycles. The molecule has 1 amide bonds. The Hall–Kier alpha value is -2.15. The smallest absolute Gasteiger partial charge is 0.237 e.